The van der Waals surface area contributed by atoms with Crippen molar-refractivity contribution in [1.82, 2.24) is 0 Å². The summed E-state index contributed by atoms with van der Waals surface area (Å²) in [6.07, 6.45) is 0. The van der Waals surface area contributed by atoms with Crippen molar-refractivity contribution in [1.29, 1.82) is 0 Å². The van der Waals surface area contributed by atoms with Gasteiger partial charge in [0.05, 0.1) is 0 Å². The highest BCUT2D eigenvalue weighted by Gasteiger charge is 2.13. The van der Waals surface area contributed by atoms with Crippen molar-refractivity contribution < 1.29 is 0 Å². The van der Waals surface area contributed by atoms with Crippen LogP contribution in [-0.4, -0.2) is 0 Å². The van der Waals surface area contributed by atoms with Gasteiger partial charge < -0.3 is 0 Å². The molecule has 0 atom stereocenters. The minimum absolute atomic E-state index is 1.26. The summed E-state index contributed by atoms with van der Waals surface area (Å²) >= 11 is 1.92. The van der Waals surface area contributed by atoms with Gasteiger partial charge in [0.15, 0.2) is 0 Å². The topological polar surface area (TPSA) is 0 Å². The van der Waals surface area contributed by atoms with E-state index in [4.69, 9.17) is 0 Å². The predicted molar refractivity (Wildman–Crippen MR) is 163 cm³/mol. The average Bonchev–Trinajstić information content (AvgIpc) is 3.36. The van der Waals surface area contributed by atoms with Crippen molar-refractivity contribution >= 4 is 63.8 Å². The average molecular weight is 487 g/mol. The van der Waals surface area contributed by atoms with Gasteiger partial charge in [-0.1, -0.05) is 115 Å². The zero-order chi connectivity index (χ0) is 24.3. The first-order valence-corrected chi connectivity index (χ1v) is 13.5. The van der Waals surface area contributed by atoms with Crippen LogP contribution in [0.25, 0.3) is 74.7 Å². The van der Waals surface area contributed by atoms with Crippen LogP contribution in [0.5, 0.6) is 0 Å². The molecule has 0 nitrogen and oxygen atoms in total. The largest absolute Gasteiger partial charge is 0.134 e. The van der Waals surface area contributed by atoms with Crippen molar-refractivity contribution in [2.75, 3.05) is 0 Å². The highest BCUT2D eigenvalue weighted by atomic mass is 32.1. The van der Waals surface area contributed by atoms with E-state index in [1.165, 1.54) is 74.7 Å². The molecule has 0 aliphatic carbocycles. The molecule has 1 heteroatoms. The van der Waals surface area contributed by atoms with E-state index in [2.05, 4.69) is 133 Å². The third-order valence-corrected chi connectivity index (χ3v) is 8.91. The zero-order valence-corrected chi connectivity index (χ0v) is 20.9. The summed E-state index contributed by atoms with van der Waals surface area (Å²) in [5.41, 5.74) is 5.11. The van der Waals surface area contributed by atoms with E-state index >= 15 is 0 Å². The van der Waals surface area contributed by atoms with Crippen molar-refractivity contribution in [3.8, 4) is 22.3 Å². The first kappa shape index (κ1) is 20.7. The number of benzene rings is 7. The fourth-order valence-electron chi connectivity index (χ4n) is 5.72. The SMILES string of the molecule is c1ccc2cc(-c3ccc4c(ccc5c6cccc(-c7ccc8ccccc8c7)c6sc45)c3)ccc2c1. The molecule has 0 radical (unpaired) electrons. The molecule has 0 amide bonds. The van der Waals surface area contributed by atoms with Crippen molar-refractivity contribution in [3.63, 3.8) is 0 Å². The van der Waals surface area contributed by atoms with Gasteiger partial charge in [-0.2, -0.15) is 0 Å². The summed E-state index contributed by atoms with van der Waals surface area (Å²) in [4.78, 5) is 0. The lowest BCUT2D eigenvalue weighted by atomic mass is 9.97. The van der Waals surface area contributed by atoms with E-state index in [0.29, 0.717) is 0 Å². The predicted octanol–water partition coefficient (Wildman–Crippen LogP) is 10.8. The first-order valence-electron chi connectivity index (χ1n) is 12.7. The number of thiophene rings is 1. The number of fused-ring (bicyclic) bond motifs is 7. The molecule has 0 saturated carbocycles. The van der Waals surface area contributed by atoms with E-state index in [1.807, 2.05) is 11.3 Å². The van der Waals surface area contributed by atoms with Gasteiger partial charge in [0.1, 0.15) is 0 Å². The maximum atomic E-state index is 2.34. The van der Waals surface area contributed by atoms with Crippen LogP contribution in [0, 0.1) is 0 Å². The van der Waals surface area contributed by atoms with Gasteiger partial charge in [-0.15, -0.1) is 11.3 Å². The third kappa shape index (κ3) is 3.28. The Hall–Kier alpha value is -4.46. The molecular formula is C36H22S. The lowest BCUT2D eigenvalue weighted by Crippen LogP contribution is -1.81. The standard InChI is InChI=1S/C36H22S/c1-3-8-25-20-27(14-12-23(25)6-1)28-16-18-32-30(22-28)17-19-34-33-11-5-10-31(35(33)37-36(32)34)29-15-13-24-7-2-4-9-26(24)21-29/h1-22H. The molecule has 8 aromatic rings. The van der Waals surface area contributed by atoms with Crippen LogP contribution >= 0.6 is 11.3 Å². The molecule has 0 aliphatic heterocycles. The number of rotatable bonds is 2. The Kier molecular flexibility index (Phi) is 4.49. The number of hydrogen-bond donors (Lipinski definition) is 0. The lowest BCUT2D eigenvalue weighted by Gasteiger charge is -2.07. The van der Waals surface area contributed by atoms with Crippen molar-refractivity contribution in [2.45, 2.75) is 0 Å². The Balaban J connectivity index is 1.31. The molecule has 7 aromatic carbocycles. The van der Waals surface area contributed by atoms with Gasteiger partial charge in [-0.05, 0) is 72.8 Å². The summed E-state index contributed by atoms with van der Waals surface area (Å²) in [5, 5.41) is 10.4. The second-order valence-corrected chi connectivity index (χ2v) is 10.8. The van der Waals surface area contributed by atoms with E-state index < -0.39 is 0 Å². The minimum atomic E-state index is 1.26. The summed E-state index contributed by atoms with van der Waals surface area (Å²) in [6, 6.07) is 49.0. The van der Waals surface area contributed by atoms with E-state index in [9.17, 15) is 0 Å². The molecule has 0 spiro atoms. The van der Waals surface area contributed by atoms with E-state index in [1.54, 1.807) is 0 Å². The molecular weight excluding hydrogens is 464 g/mol. The van der Waals surface area contributed by atoms with Crippen molar-refractivity contribution in [2.24, 2.45) is 0 Å². The van der Waals surface area contributed by atoms with Crippen LogP contribution in [0.1, 0.15) is 0 Å². The Morgan fingerprint density at radius 3 is 1.62 bits per heavy atom. The molecule has 172 valence electrons. The van der Waals surface area contributed by atoms with E-state index in [0.717, 1.165) is 0 Å². The van der Waals surface area contributed by atoms with Crippen LogP contribution in [0.2, 0.25) is 0 Å². The Bertz CT molecular complexity index is 2140. The molecule has 1 aromatic heterocycles. The van der Waals surface area contributed by atoms with E-state index in [-0.39, 0.29) is 0 Å². The van der Waals surface area contributed by atoms with Crippen LogP contribution in [-0.2, 0) is 0 Å². The Labute approximate surface area is 219 Å². The molecule has 0 saturated heterocycles. The van der Waals surface area contributed by atoms with Gasteiger partial charge in [0.25, 0.3) is 0 Å². The summed E-state index contributed by atoms with van der Waals surface area (Å²) in [7, 11) is 0. The second kappa shape index (κ2) is 8.03. The second-order valence-electron chi connectivity index (χ2n) is 9.79. The zero-order valence-electron chi connectivity index (χ0n) is 20.1. The summed E-state index contributed by atoms with van der Waals surface area (Å²) in [6.45, 7) is 0. The highest BCUT2D eigenvalue weighted by molar-refractivity contribution is 7.27. The molecule has 0 unspecified atom stereocenters. The summed E-state index contributed by atoms with van der Waals surface area (Å²) in [5.74, 6) is 0. The molecule has 0 aliphatic rings. The molecule has 0 bridgehead atoms. The van der Waals surface area contributed by atoms with Gasteiger partial charge in [0, 0.05) is 20.2 Å². The first-order chi connectivity index (χ1) is 18.3. The lowest BCUT2D eigenvalue weighted by molar-refractivity contribution is 1.68. The van der Waals surface area contributed by atoms with Gasteiger partial charge in [-0.3, -0.25) is 0 Å². The molecule has 8 rings (SSSR count). The fraction of sp³-hybridized carbons (Fsp3) is 0. The van der Waals surface area contributed by atoms with Crippen molar-refractivity contribution in [3.05, 3.63) is 133 Å². The normalized spacial score (nSPS) is 11.8. The van der Waals surface area contributed by atoms with Crippen LogP contribution in [0.4, 0.5) is 0 Å². The summed E-state index contributed by atoms with van der Waals surface area (Å²) < 4.78 is 2.73. The Morgan fingerprint density at radius 1 is 0.324 bits per heavy atom. The molecule has 1 heterocycles. The third-order valence-electron chi connectivity index (χ3n) is 7.62. The van der Waals surface area contributed by atoms with Crippen LogP contribution < -0.4 is 0 Å². The molecule has 0 fully saturated rings. The maximum Gasteiger partial charge on any atom is 0.0434 e. The fourth-order valence-corrected chi connectivity index (χ4v) is 7.09. The highest BCUT2D eigenvalue weighted by Crippen LogP contribution is 2.43. The monoisotopic (exact) mass is 486 g/mol. The Morgan fingerprint density at radius 2 is 0.865 bits per heavy atom. The van der Waals surface area contributed by atoms with Gasteiger partial charge >= 0.3 is 0 Å². The number of hydrogen-bond acceptors (Lipinski definition) is 1. The van der Waals surface area contributed by atoms with Gasteiger partial charge in [0.2, 0.25) is 0 Å². The van der Waals surface area contributed by atoms with Gasteiger partial charge in [-0.25, -0.2) is 0 Å². The van der Waals surface area contributed by atoms with Crippen LogP contribution in [0.15, 0.2) is 133 Å². The maximum absolute atomic E-state index is 2.34. The smallest absolute Gasteiger partial charge is 0.0434 e. The van der Waals surface area contributed by atoms with Crippen LogP contribution in [0.3, 0.4) is 0 Å². The quantitative estimate of drug-likeness (QED) is 0.228. The molecule has 37 heavy (non-hydrogen) atoms. The minimum Gasteiger partial charge on any atom is -0.134 e. The molecule has 0 N–H and O–H groups in total.